The molecule has 2 nitrogen and oxygen atoms in total. The van der Waals surface area contributed by atoms with Gasteiger partial charge in [-0.15, -0.1) is 0 Å². The van der Waals surface area contributed by atoms with Crippen molar-refractivity contribution in [1.29, 1.82) is 0 Å². The molecule has 0 aromatic heterocycles. The molecule has 0 saturated heterocycles. The van der Waals surface area contributed by atoms with Crippen molar-refractivity contribution in [3.8, 4) is 22.6 Å². The molecule has 2 aromatic carbocycles. The monoisotopic (exact) mass is 220 g/mol. The fraction of sp³-hybridized carbons (Fsp3) is 0. The zero-order chi connectivity index (χ0) is 10.8. The van der Waals surface area contributed by atoms with Crippen molar-refractivity contribution in [1.82, 2.24) is 0 Å². The van der Waals surface area contributed by atoms with Crippen molar-refractivity contribution in [2.24, 2.45) is 0 Å². The molecule has 3 heteroatoms. The van der Waals surface area contributed by atoms with Gasteiger partial charge in [0, 0.05) is 11.1 Å². The van der Waals surface area contributed by atoms with Crippen LogP contribution in [-0.4, -0.2) is 10.2 Å². The molecule has 0 unspecified atom stereocenters. The lowest BCUT2D eigenvalue weighted by Crippen LogP contribution is -1.81. The van der Waals surface area contributed by atoms with Crippen molar-refractivity contribution in [2.75, 3.05) is 0 Å². The van der Waals surface area contributed by atoms with Gasteiger partial charge in [-0.1, -0.05) is 35.9 Å². The van der Waals surface area contributed by atoms with Gasteiger partial charge in [0.05, 0.1) is 5.02 Å². The number of para-hydroxylation sites is 1. The van der Waals surface area contributed by atoms with E-state index >= 15 is 0 Å². The molecular formula is C12H9ClO2. The van der Waals surface area contributed by atoms with Crippen LogP contribution in [0, 0.1) is 0 Å². The third-order valence-corrected chi connectivity index (χ3v) is 2.48. The minimum absolute atomic E-state index is 0.0593. The average molecular weight is 221 g/mol. The van der Waals surface area contributed by atoms with E-state index < -0.39 is 0 Å². The maximum Gasteiger partial charge on any atom is 0.125 e. The Morgan fingerprint density at radius 3 is 2.13 bits per heavy atom. The summed E-state index contributed by atoms with van der Waals surface area (Å²) in [7, 11) is 0. The SMILES string of the molecule is Oc1ccccc1-c1c(O)cccc1Cl. The molecule has 0 spiro atoms. The molecule has 0 aliphatic rings. The van der Waals surface area contributed by atoms with Crippen LogP contribution in [0.5, 0.6) is 11.5 Å². The summed E-state index contributed by atoms with van der Waals surface area (Å²) in [5.74, 6) is 0.157. The number of hydrogen-bond donors (Lipinski definition) is 2. The van der Waals surface area contributed by atoms with E-state index in [1.54, 1.807) is 36.4 Å². The van der Waals surface area contributed by atoms with E-state index in [4.69, 9.17) is 11.6 Å². The largest absolute Gasteiger partial charge is 0.507 e. The van der Waals surface area contributed by atoms with E-state index in [0.717, 1.165) is 0 Å². The topological polar surface area (TPSA) is 40.5 Å². The Morgan fingerprint density at radius 1 is 0.800 bits per heavy atom. The van der Waals surface area contributed by atoms with Gasteiger partial charge < -0.3 is 10.2 Å². The second-order valence-electron chi connectivity index (χ2n) is 3.15. The fourth-order valence-corrected chi connectivity index (χ4v) is 1.74. The van der Waals surface area contributed by atoms with Gasteiger partial charge in [0.25, 0.3) is 0 Å². The first-order chi connectivity index (χ1) is 7.20. The van der Waals surface area contributed by atoms with Crippen LogP contribution < -0.4 is 0 Å². The predicted molar refractivity (Wildman–Crippen MR) is 60.2 cm³/mol. The first-order valence-electron chi connectivity index (χ1n) is 4.46. The van der Waals surface area contributed by atoms with Gasteiger partial charge in [-0.05, 0) is 18.2 Å². The van der Waals surface area contributed by atoms with Crippen LogP contribution in [0.2, 0.25) is 5.02 Å². The fourth-order valence-electron chi connectivity index (χ4n) is 1.46. The highest BCUT2D eigenvalue weighted by Crippen LogP contribution is 2.39. The van der Waals surface area contributed by atoms with Crippen molar-refractivity contribution >= 4 is 11.6 Å². The standard InChI is InChI=1S/C12H9ClO2/c13-9-5-3-7-11(15)12(9)8-4-1-2-6-10(8)14/h1-7,14-15H. The van der Waals surface area contributed by atoms with E-state index in [0.29, 0.717) is 16.1 Å². The zero-order valence-corrected chi connectivity index (χ0v) is 8.57. The molecule has 2 rings (SSSR count). The van der Waals surface area contributed by atoms with Gasteiger partial charge in [-0.25, -0.2) is 0 Å². The van der Waals surface area contributed by atoms with Gasteiger partial charge in [0.2, 0.25) is 0 Å². The molecule has 0 atom stereocenters. The molecule has 0 heterocycles. The van der Waals surface area contributed by atoms with Crippen LogP contribution in [0.15, 0.2) is 42.5 Å². The molecule has 0 aliphatic carbocycles. The minimum atomic E-state index is 0.0593. The van der Waals surface area contributed by atoms with Crippen LogP contribution in [0.25, 0.3) is 11.1 Å². The van der Waals surface area contributed by atoms with Crippen molar-refractivity contribution in [3.63, 3.8) is 0 Å². The highest BCUT2D eigenvalue weighted by molar-refractivity contribution is 6.33. The summed E-state index contributed by atoms with van der Waals surface area (Å²) in [5.41, 5.74) is 0.984. The van der Waals surface area contributed by atoms with E-state index in [1.165, 1.54) is 6.07 Å². The second-order valence-corrected chi connectivity index (χ2v) is 3.56. The van der Waals surface area contributed by atoms with Gasteiger partial charge in [-0.3, -0.25) is 0 Å². The Morgan fingerprint density at radius 2 is 1.47 bits per heavy atom. The molecule has 0 aliphatic heterocycles. The number of benzene rings is 2. The van der Waals surface area contributed by atoms with Crippen LogP contribution in [0.3, 0.4) is 0 Å². The summed E-state index contributed by atoms with van der Waals surface area (Å²) in [5, 5.41) is 19.7. The summed E-state index contributed by atoms with van der Waals surface area (Å²) < 4.78 is 0. The van der Waals surface area contributed by atoms with Crippen LogP contribution in [-0.2, 0) is 0 Å². The highest BCUT2D eigenvalue weighted by Gasteiger charge is 2.11. The number of phenols is 2. The molecule has 0 radical (unpaired) electrons. The lowest BCUT2D eigenvalue weighted by molar-refractivity contribution is 0.469. The second kappa shape index (κ2) is 3.83. The minimum Gasteiger partial charge on any atom is -0.507 e. The Hall–Kier alpha value is -1.67. The summed E-state index contributed by atoms with van der Waals surface area (Å²) in [6.07, 6.45) is 0. The predicted octanol–water partition coefficient (Wildman–Crippen LogP) is 3.42. The van der Waals surface area contributed by atoms with Crippen molar-refractivity contribution in [2.45, 2.75) is 0 Å². The van der Waals surface area contributed by atoms with Gasteiger partial charge in [0.1, 0.15) is 11.5 Å². The maximum absolute atomic E-state index is 9.67. The Balaban J connectivity index is 2.69. The molecule has 2 N–H and O–H groups in total. The number of hydrogen-bond acceptors (Lipinski definition) is 2. The van der Waals surface area contributed by atoms with E-state index in [1.807, 2.05) is 0 Å². The Labute approximate surface area is 92.4 Å². The molecule has 76 valence electrons. The number of aromatic hydroxyl groups is 2. The van der Waals surface area contributed by atoms with Crippen molar-refractivity contribution in [3.05, 3.63) is 47.5 Å². The summed E-state index contributed by atoms with van der Waals surface area (Å²) in [4.78, 5) is 0. The Kier molecular flexibility index (Phi) is 2.52. The summed E-state index contributed by atoms with van der Waals surface area (Å²) in [6.45, 7) is 0. The van der Waals surface area contributed by atoms with Gasteiger partial charge in [-0.2, -0.15) is 0 Å². The molecule has 0 bridgehead atoms. The number of halogens is 1. The summed E-state index contributed by atoms with van der Waals surface area (Å²) >= 11 is 5.96. The first kappa shape index (κ1) is 9.87. The van der Waals surface area contributed by atoms with Gasteiger partial charge in [0.15, 0.2) is 0 Å². The summed E-state index contributed by atoms with van der Waals surface area (Å²) in [6, 6.07) is 11.6. The lowest BCUT2D eigenvalue weighted by atomic mass is 10.0. The van der Waals surface area contributed by atoms with Crippen molar-refractivity contribution < 1.29 is 10.2 Å². The number of phenolic OH excluding ortho intramolecular Hbond substituents is 2. The molecule has 0 amide bonds. The number of rotatable bonds is 1. The van der Waals surface area contributed by atoms with E-state index in [2.05, 4.69) is 0 Å². The highest BCUT2D eigenvalue weighted by atomic mass is 35.5. The van der Waals surface area contributed by atoms with E-state index in [9.17, 15) is 10.2 Å². The normalized spacial score (nSPS) is 10.2. The quantitative estimate of drug-likeness (QED) is 0.773. The zero-order valence-electron chi connectivity index (χ0n) is 7.81. The Bertz CT molecular complexity index is 474. The third-order valence-electron chi connectivity index (χ3n) is 2.17. The van der Waals surface area contributed by atoms with Crippen LogP contribution in [0.4, 0.5) is 0 Å². The van der Waals surface area contributed by atoms with Crippen LogP contribution >= 0.6 is 11.6 Å². The first-order valence-corrected chi connectivity index (χ1v) is 4.84. The molecule has 0 saturated carbocycles. The average Bonchev–Trinajstić information content (AvgIpc) is 2.20. The lowest BCUT2D eigenvalue weighted by Gasteiger charge is -2.08. The molecular weight excluding hydrogens is 212 g/mol. The van der Waals surface area contributed by atoms with E-state index in [-0.39, 0.29) is 11.5 Å². The third kappa shape index (κ3) is 1.76. The molecule has 15 heavy (non-hydrogen) atoms. The smallest absolute Gasteiger partial charge is 0.125 e. The molecule has 0 fully saturated rings. The van der Waals surface area contributed by atoms with Gasteiger partial charge >= 0.3 is 0 Å². The van der Waals surface area contributed by atoms with Crippen LogP contribution in [0.1, 0.15) is 0 Å². The maximum atomic E-state index is 9.67. The molecule has 2 aromatic rings.